The highest BCUT2D eigenvalue weighted by Crippen LogP contribution is 2.23. The highest BCUT2D eigenvalue weighted by atomic mass is 16.5. The van der Waals surface area contributed by atoms with E-state index in [0.29, 0.717) is 17.1 Å². The monoisotopic (exact) mass is 192 g/mol. The molecule has 14 heavy (non-hydrogen) atoms. The van der Waals surface area contributed by atoms with Crippen molar-refractivity contribution in [2.45, 2.75) is 0 Å². The largest absolute Gasteiger partial charge is 0.494 e. The van der Waals surface area contributed by atoms with E-state index < -0.39 is 11.1 Å². The second kappa shape index (κ2) is 2.73. The molecule has 0 aliphatic heterocycles. The fraction of sp³-hybridized carbons (Fsp3) is 0.111. The molecule has 0 spiro atoms. The van der Waals surface area contributed by atoms with Gasteiger partial charge in [-0.1, -0.05) is 0 Å². The summed E-state index contributed by atoms with van der Waals surface area (Å²) in [6, 6.07) is 4.75. The third-order valence-electron chi connectivity index (χ3n) is 1.98. The minimum Gasteiger partial charge on any atom is -0.494 e. The molecule has 2 N–H and O–H groups in total. The van der Waals surface area contributed by atoms with Crippen LogP contribution in [0.2, 0.25) is 0 Å². The third-order valence-corrected chi connectivity index (χ3v) is 1.98. The van der Waals surface area contributed by atoms with Crippen molar-refractivity contribution in [3.05, 3.63) is 38.9 Å². The van der Waals surface area contributed by atoms with Gasteiger partial charge in [-0.25, -0.2) is 4.57 Å². The van der Waals surface area contributed by atoms with Crippen molar-refractivity contribution in [2.24, 2.45) is 0 Å². The number of nitrogen functional groups attached to an aromatic ring is 1. The zero-order valence-electron chi connectivity index (χ0n) is 7.48. The van der Waals surface area contributed by atoms with E-state index in [1.165, 1.54) is 7.11 Å². The maximum atomic E-state index is 10.9. The smallest absolute Gasteiger partial charge is 0.324 e. The van der Waals surface area contributed by atoms with Gasteiger partial charge in [-0.3, -0.25) is 9.59 Å². The van der Waals surface area contributed by atoms with Gasteiger partial charge in [0.1, 0.15) is 5.75 Å². The number of nitrogens with zero attached hydrogens (tertiary/aromatic N) is 1. The van der Waals surface area contributed by atoms with Crippen molar-refractivity contribution in [3.8, 4) is 11.4 Å². The zero-order valence-corrected chi connectivity index (χ0v) is 7.48. The van der Waals surface area contributed by atoms with Crippen LogP contribution in [-0.4, -0.2) is 11.7 Å². The van der Waals surface area contributed by atoms with E-state index in [9.17, 15) is 9.59 Å². The van der Waals surface area contributed by atoms with E-state index in [1.54, 1.807) is 18.2 Å². The standard InChI is InChI=1S/C9H8N2O3/c1-14-7-4-5(10)2-3-6(7)11-8(12)9(11)13/h2-4H,10H2,1H3. The number of methoxy groups -OCH3 is 1. The molecule has 1 aromatic carbocycles. The molecular weight excluding hydrogens is 184 g/mol. The summed E-state index contributed by atoms with van der Waals surface area (Å²) < 4.78 is 6.04. The first-order valence-corrected chi connectivity index (χ1v) is 3.97. The van der Waals surface area contributed by atoms with Gasteiger partial charge in [0.2, 0.25) is 0 Å². The van der Waals surface area contributed by atoms with Crippen LogP contribution >= 0.6 is 0 Å². The molecule has 0 amide bonds. The van der Waals surface area contributed by atoms with Gasteiger partial charge in [0.25, 0.3) is 0 Å². The number of anilines is 1. The van der Waals surface area contributed by atoms with Crippen molar-refractivity contribution in [2.75, 3.05) is 12.8 Å². The number of nitrogens with two attached hydrogens (primary N) is 1. The maximum absolute atomic E-state index is 10.9. The number of ether oxygens (including phenoxy) is 1. The summed E-state index contributed by atoms with van der Waals surface area (Å²) in [5, 5.41) is 0. The van der Waals surface area contributed by atoms with E-state index in [1.807, 2.05) is 0 Å². The van der Waals surface area contributed by atoms with Crippen LogP contribution in [0.1, 0.15) is 0 Å². The number of hydrogen-bond donors (Lipinski definition) is 1. The van der Waals surface area contributed by atoms with Gasteiger partial charge >= 0.3 is 11.1 Å². The molecule has 0 saturated heterocycles. The van der Waals surface area contributed by atoms with E-state index >= 15 is 0 Å². The molecule has 0 aliphatic carbocycles. The van der Waals surface area contributed by atoms with Gasteiger partial charge in [-0.2, -0.15) is 0 Å². The number of benzene rings is 1. The Balaban J connectivity index is 2.60. The lowest BCUT2D eigenvalue weighted by Crippen LogP contribution is -1.98. The lowest BCUT2D eigenvalue weighted by molar-refractivity contribution is 0.413. The van der Waals surface area contributed by atoms with Crippen molar-refractivity contribution in [3.63, 3.8) is 0 Å². The van der Waals surface area contributed by atoms with Crippen LogP contribution < -0.4 is 21.6 Å². The Bertz CT molecular complexity index is 524. The van der Waals surface area contributed by atoms with E-state index in [0.717, 1.165) is 4.57 Å². The van der Waals surface area contributed by atoms with Gasteiger partial charge in [0.15, 0.2) is 0 Å². The minimum absolute atomic E-state index is 0.421. The Labute approximate surface area is 79.0 Å². The third kappa shape index (κ3) is 1.10. The molecule has 0 bridgehead atoms. The Kier molecular flexibility index (Phi) is 1.67. The summed E-state index contributed by atoms with van der Waals surface area (Å²) in [5.74, 6) is 0.421. The van der Waals surface area contributed by atoms with Crippen molar-refractivity contribution < 1.29 is 4.74 Å². The second-order valence-corrected chi connectivity index (χ2v) is 2.88. The molecule has 5 heteroatoms. The van der Waals surface area contributed by atoms with E-state index in [2.05, 4.69) is 0 Å². The molecule has 0 saturated carbocycles. The highest BCUT2D eigenvalue weighted by Gasteiger charge is 2.20. The first-order chi connectivity index (χ1) is 6.65. The molecule has 2 aromatic rings. The summed E-state index contributed by atoms with van der Waals surface area (Å²) in [5.41, 5.74) is 5.45. The number of hydrogen-bond acceptors (Lipinski definition) is 4. The summed E-state index contributed by atoms with van der Waals surface area (Å²) in [6.07, 6.45) is 0. The molecule has 0 radical (unpaired) electrons. The Morgan fingerprint density at radius 3 is 2.43 bits per heavy atom. The van der Waals surface area contributed by atoms with Crippen LogP contribution in [0.15, 0.2) is 27.8 Å². The molecule has 72 valence electrons. The zero-order chi connectivity index (χ0) is 10.3. The van der Waals surface area contributed by atoms with Crippen LogP contribution in [0.5, 0.6) is 5.75 Å². The van der Waals surface area contributed by atoms with Crippen LogP contribution in [0.4, 0.5) is 5.69 Å². The summed E-state index contributed by atoms with van der Waals surface area (Å²) >= 11 is 0. The molecule has 0 fully saturated rings. The van der Waals surface area contributed by atoms with Gasteiger partial charge in [-0.15, -0.1) is 0 Å². The Morgan fingerprint density at radius 2 is 1.93 bits per heavy atom. The van der Waals surface area contributed by atoms with Crippen molar-refractivity contribution in [1.82, 2.24) is 4.57 Å². The SMILES string of the molecule is COc1cc(N)ccc1-n1c(=O)c1=O. The van der Waals surface area contributed by atoms with Crippen LogP contribution in [0, 0.1) is 0 Å². The van der Waals surface area contributed by atoms with Crippen molar-refractivity contribution >= 4 is 5.69 Å². The molecule has 0 aliphatic rings. The maximum Gasteiger partial charge on any atom is 0.324 e. The number of rotatable bonds is 2. The van der Waals surface area contributed by atoms with Gasteiger partial charge < -0.3 is 10.5 Å². The molecule has 1 heterocycles. The molecule has 0 unspecified atom stereocenters. The number of aromatic nitrogens is 1. The van der Waals surface area contributed by atoms with E-state index in [4.69, 9.17) is 10.5 Å². The van der Waals surface area contributed by atoms with Gasteiger partial charge in [0, 0.05) is 11.8 Å². The average Bonchev–Trinajstić information content (AvgIpc) is 2.75. The van der Waals surface area contributed by atoms with Gasteiger partial charge in [0.05, 0.1) is 12.8 Å². The molecular formula is C9H8N2O3. The average molecular weight is 192 g/mol. The van der Waals surface area contributed by atoms with E-state index in [-0.39, 0.29) is 0 Å². The fourth-order valence-corrected chi connectivity index (χ4v) is 1.23. The normalized spacial score (nSPS) is 10.6. The molecule has 1 aromatic heterocycles. The predicted octanol–water partition coefficient (Wildman–Crippen LogP) is -0.336. The predicted molar refractivity (Wildman–Crippen MR) is 51.6 cm³/mol. The van der Waals surface area contributed by atoms with Crippen molar-refractivity contribution in [1.29, 1.82) is 0 Å². The summed E-state index contributed by atoms with van der Waals surface area (Å²) in [4.78, 5) is 21.7. The lowest BCUT2D eigenvalue weighted by Gasteiger charge is -2.05. The van der Waals surface area contributed by atoms with Crippen LogP contribution in [-0.2, 0) is 0 Å². The molecule has 2 rings (SSSR count). The lowest BCUT2D eigenvalue weighted by atomic mass is 10.2. The first kappa shape index (κ1) is 8.55. The fourth-order valence-electron chi connectivity index (χ4n) is 1.23. The topological polar surface area (TPSA) is 74.3 Å². The summed E-state index contributed by atoms with van der Waals surface area (Å²) in [6.45, 7) is 0. The second-order valence-electron chi connectivity index (χ2n) is 2.88. The van der Waals surface area contributed by atoms with Gasteiger partial charge in [-0.05, 0) is 12.1 Å². The quantitative estimate of drug-likeness (QED) is 0.522. The Hall–Kier alpha value is -2.04. The Morgan fingerprint density at radius 1 is 1.29 bits per heavy atom. The molecule has 5 nitrogen and oxygen atoms in total. The van der Waals surface area contributed by atoms with Crippen LogP contribution in [0.3, 0.4) is 0 Å². The molecule has 0 atom stereocenters. The first-order valence-electron chi connectivity index (χ1n) is 3.97. The summed E-state index contributed by atoms with van der Waals surface area (Å²) in [7, 11) is 1.46. The van der Waals surface area contributed by atoms with Crippen LogP contribution in [0.25, 0.3) is 5.69 Å². The highest BCUT2D eigenvalue weighted by molar-refractivity contribution is 5.56. The minimum atomic E-state index is -0.520.